The number of hydrogen-bond donors (Lipinski definition) is 1. The molecule has 0 radical (unpaired) electrons. The van der Waals surface area contributed by atoms with E-state index >= 15 is 0 Å². The molecule has 1 saturated heterocycles. The van der Waals surface area contributed by atoms with Crippen molar-refractivity contribution in [2.45, 2.75) is 58.5 Å². The summed E-state index contributed by atoms with van der Waals surface area (Å²) in [5.74, 6) is 0.0403. The second-order valence-electron chi connectivity index (χ2n) is 10.2. The summed E-state index contributed by atoms with van der Waals surface area (Å²) in [6.07, 6.45) is 3.04. The molecule has 32 heavy (non-hydrogen) atoms. The molecule has 2 aromatic rings. The van der Waals surface area contributed by atoms with Crippen LogP contribution in [0.15, 0.2) is 61.2 Å². The van der Waals surface area contributed by atoms with Crippen molar-refractivity contribution in [1.82, 2.24) is 4.90 Å². The normalized spacial score (nSPS) is 25.0. The van der Waals surface area contributed by atoms with Crippen molar-refractivity contribution in [3.63, 3.8) is 0 Å². The van der Waals surface area contributed by atoms with Gasteiger partial charge in [-0.2, -0.15) is 0 Å². The SMILES string of the molecule is C=CCC1(C)C[C@H](c2cccc(Cl)c2)[C@@H](c2ccc(Cl)cc2)N([C@H](CO)C(C)(C)C)C1=O. The van der Waals surface area contributed by atoms with Gasteiger partial charge in [0.2, 0.25) is 5.91 Å². The van der Waals surface area contributed by atoms with Gasteiger partial charge in [-0.25, -0.2) is 0 Å². The summed E-state index contributed by atoms with van der Waals surface area (Å²) < 4.78 is 0. The highest BCUT2D eigenvalue weighted by atomic mass is 35.5. The van der Waals surface area contributed by atoms with Crippen LogP contribution in [0.2, 0.25) is 10.0 Å². The fraction of sp³-hybridized carbons (Fsp3) is 0.444. The van der Waals surface area contributed by atoms with Gasteiger partial charge in [0.1, 0.15) is 0 Å². The first-order valence-corrected chi connectivity index (χ1v) is 11.8. The standard InChI is InChI=1S/C27H33Cl2NO2/c1-6-14-27(5)16-22(19-8-7-9-21(29)15-19)24(18-10-12-20(28)13-11-18)30(25(27)32)23(17-31)26(2,3)4/h6-13,15,22-24,31H,1,14,16-17H2,2-5H3/t22-,23-,24-,27?/m1/s1. The lowest BCUT2D eigenvalue weighted by molar-refractivity contribution is -0.160. The van der Waals surface area contributed by atoms with Gasteiger partial charge in [0.25, 0.3) is 0 Å². The summed E-state index contributed by atoms with van der Waals surface area (Å²) in [4.78, 5) is 16.0. The summed E-state index contributed by atoms with van der Waals surface area (Å²) in [6, 6.07) is 15.0. The van der Waals surface area contributed by atoms with E-state index in [1.807, 2.05) is 60.4 Å². The van der Waals surface area contributed by atoms with Gasteiger partial charge in [-0.15, -0.1) is 6.58 Å². The molecule has 0 spiro atoms. The zero-order valence-electron chi connectivity index (χ0n) is 19.3. The highest BCUT2D eigenvalue weighted by Crippen LogP contribution is 2.53. The summed E-state index contributed by atoms with van der Waals surface area (Å²) in [5, 5.41) is 11.8. The van der Waals surface area contributed by atoms with Crippen LogP contribution in [-0.4, -0.2) is 28.6 Å². The predicted octanol–water partition coefficient (Wildman–Crippen LogP) is 7.04. The molecule has 1 fully saturated rings. The number of benzene rings is 2. The number of rotatable bonds is 6. The number of nitrogens with zero attached hydrogens (tertiary/aromatic N) is 1. The van der Waals surface area contributed by atoms with Crippen molar-refractivity contribution in [3.8, 4) is 0 Å². The largest absolute Gasteiger partial charge is 0.394 e. The molecular formula is C27H33Cl2NO2. The van der Waals surface area contributed by atoms with Crippen molar-refractivity contribution in [3.05, 3.63) is 82.4 Å². The molecule has 1 aliphatic heterocycles. The minimum absolute atomic E-state index is 0.00562. The zero-order chi connectivity index (χ0) is 23.7. The van der Waals surface area contributed by atoms with Gasteiger partial charge in [0.05, 0.1) is 24.1 Å². The number of carbonyl (C=O) groups is 1. The van der Waals surface area contributed by atoms with Crippen molar-refractivity contribution in [2.24, 2.45) is 10.8 Å². The van der Waals surface area contributed by atoms with E-state index in [2.05, 4.69) is 33.4 Å². The third kappa shape index (κ3) is 4.90. The van der Waals surface area contributed by atoms with Crippen molar-refractivity contribution < 1.29 is 9.90 Å². The molecule has 1 N–H and O–H groups in total. The molecular weight excluding hydrogens is 441 g/mol. The molecule has 1 aliphatic rings. The van der Waals surface area contributed by atoms with E-state index in [4.69, 9.17) is 23.2 Å². The van der Waals surface area contributed by atoms with Gasteiger partial charge in [-0.1, -0.05) is 81.2 Å². The Hall–Kier alpha value is -1.81. The van der Waals surface area contributed by atoms with Crippen LogP contribution in [-0.2, 0) is 4.79 Å². The van der Waals surface area contributed by atoms with Gasteiger partial charge < -0.3 is 10.0 Å². The maximum Gasteiger partial charge on any atom is 0.229 e. The van der Waals surface area contributed by atoms with Crippen molar-refractivity contribution >= 4 is 29.1 Å². The lowest BCUT2D eigenvalue weighted by Gasteiger charge is -2.54. The number of allylic oxidation sites excluding steroid dienone is 1. The van der Waals surface area contributed by atoms with Crippen LogP contribution in [0.3, 0.4) is 0 Å². The first-order valence-electron chi connectivity index (χ1n) is 11.1. The first-order chi connectivity index (χ1) is 15.0. The molecule has 0 saturated carbocycles. The Morgan fingerprint density at radius 3 is 2.34 bits per heavy atom. The average molecular weight is 474 g/mol. The van der Waals surface area contributed by atoms with E-state index in [1.54, 1.807) is 0 Å². The average Bonchev–Trinajstić information content (AvgIpc) is 2.71. The molecule has 0 aromatic heterocycles. The third-order valence-corrected chi connectivity index (χ3v) is 7.18. The van der Waals surface area contributed by atoms with E-state index in [0.29, 0.717) is 22.9 Å². The molecule has 4 atom stereocenters. The maximum atomic E-state index is 14.1. The van der Waals surface area contributed by atoms with Crippen LogP contribution >= 0.6 is 23.2 Å². The Morgan fingerprint density at radius 2 is 1.81 bits per heavy atom. The molecule has 1 unspecified atom stereocenters. The molecule has 1 heterocycles. The fourth-order valence-electron chi connectivity index (χ4n) is 5.01. The van der Waals surface area contributed by atoms with Gasteiger partial charge >= 0.3 is 0 Å². The summed E-state index contributed by atoms with van der Waals surface area (Å²) >= 11 is 12.6. The zero-order valence-corrected chi connectivity index (χ0v) is 20.8. The minimum Gasteiger partial charge on any atom is -0.394 e. The first kappa shape index (κ1) is 24.8. The van der Waals surface area contributed by atoms with Crippen molar-refractivity contribution in [1.29, 1.82) is 0 Å². The van der Waals surface area contributed by atoms with Crippen LogP contribution in [0.4, 0.5) is 0 Å². The van der Waals surface area contributed by atoms with Crippen molar-refractivity contribution in [2.75, 3.05) is 6.61 Å². The van der Waals surface area contributed by atoms with E-state index in [0.717, 1.165) is 11.1 Å². The third-order valence-electron chi connectivity index (χ3n) is 6.69. The number of hydrogen-bond acceptors (Lipinski definition) is 2. The fourth-order valence-corrected chi connectivity index (χ4v) is 5.33. The van der Waals surface area contributed by atoms with Gasteiger partial charge in [0.15, 0.2) is 0 Å². The molecule has 2 aromatic carbocycles. The van der Waals surface area contributed by atoms with E-state index in [1.165, 1.54) is 0 Å². The Labute approximate surface area is 202 Å². The number of amides is 1. The second-order valence-corrected chi connectivity index (χ2v) is 11.1. The maximum absolute atomic E-state index is 14.1. The Kier molecular flexibility index (Phi) is 7.44. The molecule has 0 bridgehead atoms. The second kappa shape index (κ2) is 9.59. The van der Waals surface area contributed by atoms with E-state index in [-0.39, 0.29) is 35.9 Å². The molecule has 3 rings (SSSR count). The highest BCUT2D eigenvalue weighted by Gasteiger charge is 2.52. The topological polar surface area (TPSA) is 40.5 Å². The lowest BCUT2D eigenvalue weighted by Crippen LogP contribution is -2.59. The number of aliphatic hydroxyl groups is 1. The molecule has 0 aliphatic carbocycles. The quantitative estimate of drug-likeness (QED) is 0.456. The Morgan fingerprint density at radius 1 is 1.16 bits per heavy atom. The molecule has 172 valence electrons. The number of aliphatic hydroxyl groups excluding tert-OH is 1. The number of likely N-dealkylation sites (tertiary alicyclic amines) is 1. The molecule has 3 nitrogen and oxygen atoms in total. The molecule has 5 heteroatoms. The summed E-state index contributed by atoms with van der Waals surface area (Å²) in [5.41, 5.74) is 1.13. The smallest absolute Gasteiger partial charge is 0.229 e. The molecule has 1 amide bonds. The summed E-state index contributed by atoms with van der Waals surface area (Å²) in [7, 11) is 0. The predicted molar refractivity (Wildman–Crippen MR) is 133 cm³/mol. The van der Waals surface area contributed by atoms with Crippen LogP contribution in [0.5, 0.6) is 0 Å². The van der Waals surface area contributed by atoms with E-state index in [9.17, 15) is 9.90 Å². The van der Waals surface area contributed by atoms with E-state index < -0.39 is 5.41 Å². The van der Waals surface area contributed by atoms with Gasteiger partial charge in [0, 0.05) is 16.0 Å². The summed E-state index contributed by atoms with van der Waals surface area (Å²) in [6.45, 7) is 12.0. The van der Waals surface area contributed by atoms with Gasteiger partial charge in [-0.3, -0.25) is 4.79 Å². The van der Waals surface area contributed by atoms with Gasteiger partial charge in [-0.05, 0) is 53.6 Å². The highest BCUT2D eigenvalue weighted by molar-refractivity contribution is 6.30. The number of carbonyl (C=O) groups excluding carboxylic acids is 1. The Balaban J connectivity index is 2.27. The lowest BCUT2D eigenvalue weighted by atomic mass is 9.66. The van der Waals surface area contributed by atoms with Crippen LogP contribution in [0.1, 0.15) is 63.6 Å². The monoisotopic (exact) mass is 473 g/mol. The number of piperidine rings is 1. The van der Waals surface area contributed by atoms with Crippen LogP contribution < -0.4 is 0 Å². The van der Waals surface area contributed by atoms with Crippen LogP contribution in [0.25, 0.3) is 0 Å². The minimum atomic E-state index is -0.629. The number of halogens is 2. The Bertz CT molecular complexity index is 966. The van der Waals surface area contributed by atoms with Crippen LogP contribution in [0, 0.1) is 10.8 Å².